The van der Waals surface area contributed by atoms with E-state index >= 15 is 0 Å². The lowest BCUT2D eigenvalue weighted by molar-refractivity contribution is 0.208. The number of para-hydroxylation sites is 2. The van der Waals surface area contributed by atoms with Crippen LogP contribution in [0.25, 0.3) is 10.2 Å². The molecular weight excluding hydrogens is 358 g/mol. The Bertz CT molecular complexity index is 953. The van der Waals surface area contributed by atoms with Gasteiger partial charge in [-0.25, -0.2) is 18.6 Å². The van der Waals surface area contributed by atoms with E-state index in [9.17, 15) is 13.6 Å². The molecule has 8 heteroatoms. The first kappa shape index (κ1) is 16.7. The summed E-state index contributed by atoms with van der Waals surface area (Å²) in [5, 5.41) is 3.34. The van der Waals surface area contributed by atoms with Gasteiger partial charge in [-0.15, -0.1) is 0 Å². The van der Waals surface area contributed by atoms with Crippen molar-refractivity contribution in [2.24, 2.45) is 0 Å². The summed E-state index contributed by atoms with van der Waals surface area (Å²) in [4.78, 5) is 20.4. The molecule has 4 rings (SSSR count). The maximum absolute atomic E-state index is 13.8. The van der Waals surface area contributed by atoms with E-state index in [1.807, 2.05) is 11.0 Å². The number of piperazine rings is 1. The minimum Gasteiger partial charge on any atom is -0.345 e. The molecule has 0 saturated carbocycles. The Morgan fingerprint density at radius 1 is 1.00 bits per heavy atom. The number of fused-ring (bicyclic) bond motifs is 1. The molecule has 134 valence electrons. The standard InChI is InChI=1S/C18H16F2N4OS/c19-12-4-1-2-6-14(12)21-17(25)23-8-10-24(11-9-23)18-22-16-13(20)5-3-7-15(16)26-18/h1-7H,8-11H2,(H,21,25). The third kappa shape index (κ3) is 3.20. The van der Waals surface area contributed by atoms with Crippen LogP contribution in [0.15, 0.2) is 42.5 Å². The molecule has 1 saturated heterocycles. The number of rotatable bonds is 2. The molecule has 1 aliphatic rings. The molecule has 26 heavy (non-hydrogen) atoms. The molecule has 2 aromatic carbocycles. The lowest BCUT2D eigenvalue weighted by Crippen LogP contribution is -2.50. The van der Waals surface area contributed by atoms with Gasteiger partial charge in [0, 0.05) is 26.2 Å². The number of halogens is 2. The number of amides is 2. The van der Waals surface area contributed by atoms with Gasteiger partial charge in [-0.2, -0.15) is 0 Å². The quantitative estimate of drug-likeness (QED) is 0.739. The van der Waals surface area contributed by atoms with Crippen LogP contribution in [0.4, 0.5) is 24.4 Å². The highest BCUT2D eigenvalue weighted by molar-refractivity contribution is 7.22. The van der Waals surface area contributed by atoms with Gasteiger partial charge in [0.15, 0.2) is 5.13 Å². The molecule has 3 aromatic rings. The maximum Gasteiger partial charge on any atom is 0.322 e. The van der Waals surface area contributed by atoms with Crippen molar-refractivity contribution in [2.75, 3.05) is 36.4 Å². The molecular formula is C18H16F2N4OS. The molecule has 0 radical (unpaired) electrons. The van der Waals surface area contributed by atoms with Gasteiger partial charge >= 0.3 is 6.03 Å². The molecule has 2 heterocycles. The first-order valence-corrected chi connectivity index (χ1v) is 9.04. The van der Waals surface area contributed by atoms with Crippen LogP contribution in [0.2, 0.25) is 0 Å². The van der Waals surface area contributed by atoms with Gasteiger partial charge in [-0.05, 0) is 24.3 Å². The average Bonchev–Trinajstić information content (AvgIpc) is 3.09. The summed E-state index contributed by atoms with van der Waals surface area (Å²) < 4.78 is 28.3. The van der Waals surface area contributed by atoms with Gasteiger partial charge in [0.1, 0.15) is 17.2 Å². The lowest BCUT2D eigenvalue weighted by atomic mass is 10.3. The number of anilines is 2. The number of carbonyl (C=O) groups is 1. The topological polar surface area (TPSA) is 48.5 Å². The van der Waals surface area contributed by atoms with Crippen molar-refractivity contribution >= 4 is 38.4 Å². The Kier molecular flexibility index (Phi) is 4.42. The van der Waals surface area contributed by atoms with Crippen LogP contribution in [-0.4, -0.2) is 42.1 Å². The molecule has 1 aromatic heterocycles. The molecule has 0 atom stereocenters. The predicted molar refractivity (Wildman–Crippen MR) is 98.8 cm³/mol. The SMILES string of the molecule is O=C(Nc1ccccc1F)N1CCN(c2nc3c(F)cccc3s2)CC1. The van der Waals surface area contributed by atoms with Crippen LogP contribution in [0.1, 0.15) is 0 Å². The van der Waals surface area contributed by atoms with E-state index in [4.69, 9.17) is 0 Å². The second-order valence-corrected chi connectivity index (χ2v) is 6.98. The highest BCUT2D eigenvalue weighted by Gasteiger charge is 2.24. The number of nitrogens with one attached hydrogen (secondary N) is 1. The number of thiazole rings is 1. The van der Waals surface area contributed by atoms with E-state index in [1.54, 1.807) is 23.1 Å². The van der Waals surface area contributed by atoms with Crippen LogP contribution in [0, 0.1) is 11.6 Å². The van der Waals surface area contributed by atoms with Crippen molar-refractivity contribution in [1.29, 1.82) is 0 Å². The fourth-order valence-electron chi connectivity index (χ4n) is 2.90. The van der Waals surface area contributed by atoms with E-state index in [0.29, 0.717) is 31.7 Å². The summed E-state index contributed by atoms with van der Waals surface area (Å²) in [6.07, 6.45) is 0. The van der Waals surface area contributed by atoms with Gasteiger partial charge in [-0.3, -0.25) is 0 Å². The molecule has 0 aliphatic carbocycles. The van der Waals surface area contributed by atoms with E-state index in [-0.39, 0.29) is 17.5 Å². The summed E-state index contributed by atoms with van der Waals surface area (Å²) >= 11 is 1.44. The zero-order chi connectivity index (χ0) is 18.1. The summed E-state index contributed by atoms with van der Waals surface area (Å²) in [6, 6.07) is 10.7. The van der Waals surface area contributed by atoms with Gasteiger partial charge in [-0.1, -0.05) is 29.5 Å². The Hall–Kier alpha value is -2.74. The molecule has 2 amide bonds. The second-order valence-electron chi connectivity index (χ2n) is 5.97. The number of benzene rings is 2. The van der Waals surface area contributed by atoms with Crippen molar-refractivity contribution in [3.63, 3.8) is 0 Å². The summed E-state index contributed by atoms with van der Waals surface area (Å²) in [6.45, 7) is 2.15. The van der Waals surface area contributed by atoms with E-state index < -0.39 is 5.82 Å². The van der Waals surface area contributed by atoms with Crippen LogP contribution in [0.5, 0.6) is 0 Å². The monoisotopic (exact) mass is 374 g/mol. The minimum absolute atomic E-state index is 0.168. The molecule has 5 nitrogen and oxygen atoms in total. The average molecular weight is 374 g/mol. The van der Waals surface area contributed by atoms with Crippen molar-refractivity contribution in [3.05, 3.63) is 54.1 Å². The number of carbonyl (C=O) groups excluding carboxylic acids is 1. The fourth-order valence-corrected chi connectivity index (χ4v) is 3.93. The van der Waals surface area contributed by atoms with Gasteiger partial charge in [0.05, 0.1) is 10.4 Å². The predicted octanol–water partition coefficient (Wildman–Crippen LogP) is 3.93. The Labute approximate surface area is 152 Å². The number of urea groups is 1. The number of hydrogen-bond acceptors (Lipinski definition) is 4. The lowest BCUT2D eigenvalue weighted by Gasteiger charge is -2.34. The van der Waals surface area contributed by atoms with Crippen LogP contribution in [0.3, 0.4) is 0 Å². The Morgan fingerprint density at radius 2 is 1.73 bits per heavy atom. The number of hydrogen-bond donors (Lipinski definition) is 1. The smallest absolute Gasteiger partial charge is 0.322 e. The molecule has 0 unspecified atom stereocenters. The zero-order valence-corrected chi connectivity index (χ0v) is 14.6. The zero-order valence-electron chi connectivity index (χ0n) is 13.8. The Balaban J connectivity index is 1.41. The third-order valence-corrected chi connectivity index (χ3v) is 5.39. The van der Waals surface area contributed by atoms with Crippen molar-refractivity contribution in [1.82, 2.24) is 9.88 Å². The van der Waals surface area contributed by atoms with E-state index in [1.165, 1.54) is 29.5 Å². The largest absolute Gasteiger partial charge is 0.345 e. The third-order valence-electron chi connectivity index (χ3n) is 4.31. The van der Waals surface area contributed by atoms with E-state index in [2.05, 4.69) is 10.3 Å². The number of aromatic nitrogens is 1. The van der Waals surface area contributed by atoms with Gasteiger partial charge in [0.2, 0.25) is 0 Å². The van der Waals surface area contributed by atoms with Crippen molar-refractivity contribution in [3.8, 4) is 0 Å². The van der Waals surface area contributed by atoms with Gasteiger partial charge in [0.25, 0.3) is 0 Å². The van der Waals surface area contributed by atoms with Crippen molar-refractivity contribution < 1.29 is 13.6 Å². The van der Waals surface area contributed by atoms with Crippen molar-refractivity contribution in [2.45, 2.75) is 0 Å². The van der Waals surface area contributed by atoms with Crippen LogP contribution in [-0.2, 0) is 0 Å². The number of nitrogens with zero attached hydrogens (tertiary/aromatic N) is 3. The molecule has 0 spiro atoms. The maximum atomic E-state index is 13.8. The van der Waals surface area contributed by atoms with E-state index in [0.717, 1.165) is 9.83 Å². The highest BCUT2D eigenvalue weighted by atomic mass is 32.1. The molecule has 1 aliphatic heterocycles. The van der Waals surface area contributed by atoms with Gasteiger partial charge < -0.3 is 15.1 Å². The fraction of sp³-hybridized carbons (Fsp3) is 0.222. The summed E-state index contributed by atoms with van der Waals surface area (Å²) in [7, 11) is 0. The normalized spacial score (nSPS) is 14.7. The summed E-state index contributed by atoms with van der Waals surface area (Å²) in [5.74, 6) is -0.788. The van der Waals surface area contributed by atoms with Crippen LogP contribution >= 0.6 is 11.3 Å². The Morgan fingerprint density at radius 3 is 2.46 bits per heavy atom. The molecule has 1 N–H and O–H groups in total. The summed E-state index contributed by atoms with van der Waals surface area (Å²) in [5.41, 5.74) is 0.550. The second kappa shape index (κ2) is 6.87. The minimum atomic E-state index is -0.462. The first-order chi connectivity index (χ1) is 12.6. The molecule has 1 fully saturated rings. The van der Waals surface area contributed by atoms with Crippen LogP contribution < -0.4 is 10.2 Å². The highest BCUT2D eigenvalue weighted by Crippen LogP contribution is 2.30. The first-order valence-electron chi connectivity index (χ1n) is 8.22. The molecule has 0 bridgehead atoms.